The highest BCUT2D eigenvalue weighted by atomic mass is 79.9. The zero-order valence-corrected chi connectivity index (χ0v) is 10.8. The van der Waals surface area contributed by atoms with Crippen LogP contribution >= 0.6 is 31.9 Å². The Morgan fingerprint density at radius 2 is 2.07 bits per heavy atom. The fourth-order valence-corrected chi connectivity index (χ4v) is 3.25. The first kappa shape index (κ1) is 10.4. The van der Waals surface area contributed by atoms with Crippen molar-refractivity contribution in [1.82, 2.24) is 0 Å². The van der Waals surface area contributed by atoms with E-state index in [1.807, 2.05) is 18.2 Å². The van der Waals surface area contributed by atoms with Gasteiger partial charge in [-0.05, 0) is 30.5 Å². The van der Waals surface area contributed by atoms with Crippen LogP contribution in [-0.2, 0) is 4.79 Å². The molecule has 0 heterocycles. The Hall–Kier alpha value is -0.150. The van der Waals surface area contributed by atoms with Crippen LogP contribution in [0.2, 0.25) is 0 Å². The second-order valence-electron chi connectivity index (χ2n) is 3.58. The Kier molecular flexibility index (Phi) is 3.07. The maximum Gasteiger partial charge on any atom is 0.140 e. The van der Waals surface area contributed by atoms with E-state index in [2.05, 4.69) is 31.9 Å². The van der Waals surface area contributed by atoms with Gasteiger partial charge in [-0.25, -0.2) is 0 Å². The molecular weight excluding hydrogens is 308 g/mol. The summed E-state index contributed by atoms with van der Waals surface area (Å²) in [6.07, 6.45) is 2.78. The number of carbonyl (C=O) groups excluding carboxylic acids is 1. The van der Waals surface area contributed by atoms with Gasteiger partial charge in [0.15, 0.2) is 0 Å². The largest absolute Gasteiger partial charge is 0.299 e. The van der Waals surface area contributed by atoms with Gasteiger partial charge in [-0.3, -0.25) is 4.79 Å². The number of hydrogen-bond acceptors (Lipinski definition) is 1. The fourth-order valence-electron chi connectivity index (χ4n) is 1.93. The number of ketones is 1. The summed E-state index contributed by atoms with van der Waals surface area (Å²) in [6.45, 7) is 0. The molecule has 0 N–H and O–H groups in total. The molecule has 0 radical (unpaired) electrons. The van der Waals surface area contributed by atoms with E-state index in [4.69, 9.17) is 0 Å². The summed E-state index contributed by atoms with van der Waals surface area (Å²) in [5.74, 6) is 0.505. The minimum Gasteiger partial charge on any atom is -0.299 e. The van der Waals surface area contributed by atoms with Crippen molar-refractivity contribution < 1.29 is 4.79 Å². The zero-order chi connectivity index (χ0) is 10.1. The van der Waals surface area contributed by atoms with E-state index in [9.17, 15) is 4.79 Å². The Morgan fingerprint density at radius 3 is 2.64 bits per heavy atom. The van der Waals surface area contributed by atoms with Gasteiger partial charge in [-0.2, -0.15) is 0 Å². The molecule has 0 aromatic heterocycles. The quantitative estimate of drug-likeness (QED) is 0.763. The molecule has 1 atom stereocenters. The third-order valence-corrected chi connectivity index (χ3v) is 3.82. The molecule has 1 aliphatic carbocycles. The Balaban J connectivity index is 2.36. The van der Waals surface area contributed by atoms with Gasteiger partial charge < -0.3 is 0 Å². The number of hydrogen-bond donors (Lipinski definition) is 0. The van der Waals surface area contributed by atoms with Gasteiger partial charge in [0.05, 0.1) is 0 Å². The highest BCUT2D eigenvalue weighted by molar-refractivity contribution is 9.11. The molecule has 1 unspecified atom stereocenters. The van der Waals surface area contributed by atoms with Crippen LogP contribution in [0.1, 0.15) is 30.7 Å². The van der Waals surface area contributed by atoms with Crippen molar-refractivity contribution >= 4 is 37.6 Å². The Labute approximate surface area is 100 Å². The number of Topliss-reactive ketones (excluding diaryl/α,β-unsaturated/α-hetero) is 1. The molecule has 0 spiro atoms. The first-order valence-corrected chi connectivity index (χ1v) is 6.25. The number of rotatable bonds is 1. The van der Waals surface area contributed by atoms with E-state index in [-0.39, 0.29) is 5.92 Å². The molecular formula is C11H10Br2O. The standard InChI is InChI=1S/C11H10Br2O/c12-7-4-5-8(10(13)6-7)9-2-1-3-11(9)14/h4-6,9H,1-3H2. The minimum atomic E-state index is 0.123. The topological polar surface area (TPSA) is 17.1 Å². The van der Waals surface area contributed by atoms with Crippen molar-refractivity contribution in [2.24, 2.45) is 0 Å². The average Bonchev–Trinajstić information content (AvgIpc) is 2.52. The number of benzene rings is 1. The zero-order valence-electron chi connectivity index (χ0n) is 7.59. The molecule has 1 fully saturated rings. The van der Waals surface area contributed by atoms with Gasteiger partial charge in [0.1, 0.15) is 5.78 Å². The summed E-state index contributed by atoms with van der Waals surface area (Å²) >= 11 is 6.91. The molecule has 0 bridgehead atoms. The van der Waals surface area contributed by atoms with Crippen molar-refractivity contribution in [2.75, 3.05) is 0 Å². The molecule has 0 saturated heterocycles. The van der Waals surface area contributed by atoms with E-state index >= 15 is 0 Å². The SMILES string of the molecule is O=C1CCCC1c1ccc(Br)cc1Br. The molecule has 74 valence electrons. The van der Waals surface area contributed by atoms with Gasteiger partial charge in [0, 0.05) is 21.3 Å². The van der Waals surface area contributed by atoms with Crippen molar-refractivity contribution in [3.05, 3.63) is 32.7 Å². The van der Waals surface area contributed by atoms with Crippen molar-refractivity contribution in [1.29, 1.82) is 0 Å². The third kappa shape index (κ3) is 1.94. The van der Waals surface area contributed by atoms with Crippen molar-refractivity contribution in [3.8, 4) is 0 Å². The van der Waals surface area contributed by atoms with Crippen LogP contribution in [0.25, 0.3) is 0 Å². The summed E-state index contributed by atoms with van der Waals surface area (Å²) < 4.78 is 2.07. The molecule has 2 rings (SSSR count). The van der Waals surface area contributed by atoms with Gasteiger partial charge in [0.25, 0.3) is 0 Å². The molecule has 14 heavy (non-hydrogen) atoms. The van der Waals surface area contributed by atoms with E-state index in [1.165, 1.54) is 0 Å². The molecule has 1 aromatic carbocycles. The van der Waals surface area contributed by atoms with E-state index in [0.717, 1.165) is 33.8 Å². The molecule has 1 aliphatic rings. The summed E-state index contributed by atoms with van der Waals surface area (Å²) in [5, 5.41) is 0. The lowest BCUT2D eigenvalue weighted by Crippen LogP contribution is -2.04. The maximum atomic E-state index is 11.6. The lowest BCUT2D eigenvalue weighted by Gasteiger charge is -2.10. The van der Waals surface area contributed by atoms with Crippen LogP contribution in [0.5, 0.6) is 0 Å². The predicted octanol–water partition coefficient (Wildman–Crippen LogP) is 4.05. The maximum absolute atomic E-state index is 11.6. The van der Waals surface area contributed by atoms with Gasteiger partial charge in [-0.15, -0.1) is 0 Å². The predicted molar refractivity (Wildman–Crippen MR) is 63.4 cm³/mol. The van der Waals surface area contributed by atoms with Gasteiger partial charge >= 0.3 is 0 Å². The smallest absolute Gasteiger partial charge is 0.140 e. The molecule has 3 heteroatoms. The summed E-state index contributed by atoms with van der Waals surface area (Å²) in [4.78, 5) is 11.6. The lowest BCUT2D eigenvalue weighted by atomic mass is 9.97. The number of carbonyl (C=O) groups is 1. The molecule has 1 nitrogen and oxygen atoms in total. The minimum absolute atomic E-state index is 0.123. The molecule has 0 aliphatic heterocycles. The van der Waals surface area contributed by atoms with E-state index in [1.54, 1.807) is 0 Å². The van der Waals surface area contributed by atoms with Crippen LogP contribution in [0.15, 0.2) is 27.1 Å². The third-order valence-electron chi connectivity index (χ3n) is 2.64. The Morgan fingerprint density at radius 1 is 1.29 bits per heavy atom. The van der Waals surface area contributed by atoms with Crippen LogP contribution in [0, 0.1) is 0 Å². The molecule has 1 aromatic rings. The second-order valence-corrected chi connectivity index (χ2v) is 5.35. The highest BCUT2D eigenvalue weighted by Gasteiger charge is 2.27. The summed E-state index contributed by atoms with van der Waals surface area (Å²) in [7, 11) is 0. The van der Waals surface area contributed by atoms with Gasteiger partial charge in [-0.1, -0.05) is 37.9 Å². The molecule has 0 amide bonds. The summed E-state index contributed by atoms with van der Waals surface area (Å²) in [5.41, 5.74) is 1.13. The van der Waals surface area contributed by atoms with Gasteiger partial charge in [0.2, 0.25) is 0 Å². The first-order valence-electron chi connectivity index (χ1n) is 4.66. The van der Waals surface area contributed by atoms with Crippen molar-refractivity contribution in [2.45, 2.75) is 25.2 Å². The van der Waals surface area contributed by atoms with Crippen molar-refractivity contribution in [3.63, 3.8) is 0 Å². The average molecular weight is 318 g/mol. The first-order chi connectivity index (χ1) is 6.68. The number of halogens is 2. The summed E-state index contributed by atoms with van der Waals surface area (Å²) in [6, 6.07) is 6.02. The van der Waals surface area contributed by atoms with Crippen LogP contribution in [0.3, 0.4) is 0 Å². The van der Waals surface area contributed by atoms with Crippen LogP contribution < -0.4 is 0 Å². The highest BCUT2D eigenvalue weighted by Crippen LogP contribution is 2.36. The monoisotopic (exact) mass is 316 g/mol. The molecule has 1 saturated carbocycles. The van der Waals surface area contributed by atoms with Crippen LogP contribution in [-0.4, -0.2) is 5.78 Å². The second kappa shape index (κ2) is 4.15. The van der Waals surface area contributed by atoms with E-state index in [0.29, 0.717) is 5.78 Å². The Bertz CT molecular complexity index is 374. The normalized spacial score (nSPS) is 21.6. The lowest BCUT2D eigenvalue weighted by molar-refractivity contribution is -0.118. The van der Waals surface area contributed by atoms with E-state index < -0.39 is 0 Å². The van der Waals surface area contributed by atoms with Crippen LogP contribution in [0.4, 0.5) is 0 Å². The fraction of sp³-hybridized carbons (Fsp3) is 0.364.